The highest BCUT2D eigenvalue weighted by atomic mass is 16.6. The van der Waals surface area contributed by atoms with Gasteiger partial charge in [0.2, 0.25) is 0 Å². The normalized spacial score (nSPS) is 11.1. The van der Waals surface area contributed by atoms with Gasteiger partial charge in [-0.2, -0.15) is 0 Å². The average Bonchev–Trinajstić information content (AvgIpc) is 2.45. The second-order valence-electron chi connectivity index (χ2n) is 3.95. The second kappa shape index (κ2) is 8.57. The van der Waals surface area contributed by atoms with Crippen LogP contribution in [0.2, 0.25) is 0 Å². The van der Waals surface area contributed by atoms with E-state index in [1.807, 2.05) is 6.07 Å². The Labute approximate surface area is 122 Å². The Hall–Kier alpha value is -2.57. The van der Waals surface area contributed by atoms with Crippen molar-refractivity contribution in [2.75, 3.05) is 6.61 Å². The molecule has 114 valence electrons. The van der Waals surface area contributed by atoms with Crippen molar-refractivity contribution < 1.29 is 28.6 Å². The van der Waals surface area contributed by atoms with Gasteiger partial charge in [0.1, 0.15) is 6.61 Å². The van der Waals surface area contributed by atoms with Crippen molar-refractivity contribution in [2.45, 2.75) is 26.7 Å². The molecule has 0 saturated carbocycles. The number of carbonyl (C=O) groups is 3. The second-order valence-corrected chi connectivity index (χ2v) is 3.95. The van der Waals surface area contributed by atoms with Gasteiger partial charge in [-0.3, -0.25) is 10.1 Å². The summed E-state index contributed by atoms with van der Waals surface area (Å²) in [6.07, 6.45) is -2.41. The van der Waals surface area contributed by atoms with Crippen LogP contribution in [0.25, 0.3) is 0 Å². The lowest BCUT2D eigenvalue weighted by molar-refractivity contribution is -0.168. The topological polar surface area (TPSA) is 90.9 Å². The number of rotatable bonds is 6. The van der Waals surface area contributed by atoms with E-state index in [0.717, 1.165) is 12.5 Å². The maximum atomic E-state index is 11.6. The van der Waals surface area contributed by atoms with Crippen molar-refractivity contribution in [2.24, 2.45) is 0 Å². The van der Waals surface area contributed by atoms with Gasteiger partial charge in [0.05, 0.1) is 6.61 Å². The van der Waals surface area contributed by atoms with Crippen molar-refractivity contribution in [1.82, 2.24) is 5.32 Å². The van der Waals surface area contributed by atoms with Crippen LogP contribution in [0.3, 0.4) is 0 Å². The molecule has 0 bridgehead atoms. The smallest absolute Gasteiger partial charge is 0.410 e. The van der Waals surface area contributed by atoms with Crippen LogP contribution in [0.1, 0.15) is 19.4 Å². The summed E-state index contributed by atoms with van der Waals surface area (Å²) in [5, 5.41) is 2.12. The van der Waals surface area contributed by atoms with E-state index in [2.05, 4.69) is 14.8 Å². The molecule has 7 nitrogen and oxygen atoms in total. The van der Waals surface area contributed by atoms with E-state index in [1.165, 1.54) is 0 Å². The summed E-state index contributed by atoms with van der Waals surface area (Å²) in [5.41, 5.74) is 0.785. The van der Waals surface area contributed by atoms with Crippen molar-refractivity contribution in [3.05, 3.63) is 35.9 Å². The van der Waals surface area contributed by atoms with E-state index >= 15 is 0 Å². The van der Waals surface area contributed by atoms with Crippen molar-refractivity contribution in [1.29, 1.82) is 0 Å². The molecule has 0 radical (unpaired) electrons. The molecule has 21 heavy (non-hydrogen) atoms. The van der Waals surface area contributed by atoms with Gasteiger partial charge in [-0.1, -0.05) is 30.3 Å². The summed E-state index contributed by atoms with van der Waals surface area (Å²) >= 11 is 0. The van der Waals surface area contributed by atoms with E-state index in [4.69, 9.17) is 4.74 Å². The minimum absolute atomic E-state index is 0.0300. The van der Waals surface area contributed by atoms with Crippen LogP contribution in [-0.4, -0.2) is 30.9 Å². The molecular formula is C14H17NO6. The zero-order chi connectivity index (χ0) is 15.7. The first-order valence-corrected chi connectivity index (χ1v) is 6.34. The summed E-state index contributed by atoms with van der Waals surface area (Å²) in [7, 11) is 0. The van der Waals surface area contributed by atoms with Crippen LogP contribution in [0.15, 0.2) is 30.3 Å². The molecule has 1 aromatic rings. The van der Waals surface area contributed by atoms with Crippen LogP contribution < -0.4 is 5.32 Å². The monoisotopic (exact) mass is 295 g/mol. The number of hydrogen-bond donors (Lipinski definition) is 1. The number of hydrogen-bond acceptors (Lipinski definition) is 6. The molecule has 0 fully saturated rings. The predicted molar refractivity (Wildman–Crippen MR) is 71.9 cm³/mol. The number of amides is 1. The third kappa shape index (κ3) is 6.42. The summed E-state index contributed by atoms with van der Waals surface area (Å²) in [5.74, 6) is -1.60. The van der Waals surface area contributed by atoms with E-state index in [0.29, 0.717) is 0 Å². The number of esters is 2. The molecular weight excluding hydrogens is 278 g/mol. The van der Waals surface area contributed by atoms with Gasteiger partial charge in [-0.05, 0) is 12.5 Å². The van der Waals surface area contributed by atoms with Crippen LogP contribution in [0.4, 0.5) is 4.79 Å². The fourth-order valence-corrected chi connectivity index (χ4v) is 1.39. The molecule has 1 N–H and O–H groups in total. The fourth-order valence-electron chi connectivity index (χ4n) is 1.39. The van der Waals surface area contributed by atoms with E-state index in [1.54, 1.807) is 31.2 Å². The van der Waals surface area contributed by atoms with Crippen LogP contribution in [-0.2, 0) is 30.4 Å². The SMILES string of the molecule is CCOC(=O)C(NC(=O)OCc1ccccc1)OC(C)=O. The quantitative estimate of drug-likeness (QED) is 0.484. The number of alkyl carbamates (subject to hydrolysis) is 1. The summed E-state index contributed by atoms with van der Waals surface area (Å²) < 4.78 is 14.3. The van der Waals surface area contributed by atoms with Gasteiger partial charge in [0.25, 0.3) is 6.23 Å². The molecule has 1 rings (SSSR count). The number of ether oxygens (including phenoxy) is 3. The molecule has 0 aromatic heterocycles. The average molecular weight is 295 g/mol. The van der Waals surface area contributed by atoms with Gasteiger partial charge < -0.3 is 14.2 Å². The number of carbonyl (C=O) groups excluding carboxylic acids is 3. The first-order chi connectivity index (χ1) is 10.0. The van der Waals surface area contributed by atoms with Gasteiger partial charge in [-0.15, -0.1) is 0 Å². The van der Waals surface area contributed by atoms with Gasteiger partial charge in [0.15, 0.2) is 0 Å². The van der Waals surface area contributed by atoms with E-state index in [-0.39, 0.29) is 13.2 Å². The molecule has 1 atom stereocenters. The lowest BCUT2D eigenvalue weighted by Gasteiger charge is -2.16. The van der Waals surface area contributed by atoms with Gasteiger partial charge >= 0.3 is 18.0 Å². The Morgan fingerprint density at radius 2 is 1.81 bits per heavy atom. The van der Waals surface area contributed by atoms with Crippen molar-refractivity contribution in [3.63, 3.8) is 0 Å². The summed E-state index contributed by atoms with van der Waals surface area (Å²) in [6.45, 7) is 2.83. The Morgan fingerprint density at radius 3 is 2.38 bits per heavy atom. The maximum Gasteiger partial charge on any atom is 0.410 e. The number of benzene rings is 1. The van der Waals surface area contributed by atoms with Gasteiger partial charge in [-0.25, -0.2) is 9.59 Å². The molecule has 0 aliphatic heterocycles. The Balaban J connectivity index is 2.51. The minimum atomic E-state index is -1.52. The van der Waals surface area contributed by atoms with E-state index in [9.17, 15) is 14.4 Å². The molecule has 1 aromatic carbocycles. The molecule has 0 aliphatic rings. The fraction of sp³-hybridized carbons (Fsp3) is 0.357. The van der Waals surface area contributed by atoms with Gasteiger partial charge in [0, 0.05) is 6.92 Å². The standard InChI is InChI=1S/C14H17NO6/c1-3-19-13(17)12(21-10(2)16)15-14(18)20-9-11-7-5-4-6-8-11/h4-8,12H,3,9H2,1-2H3,(H,15,18). The largest absolute Gasteiger partial charge is 0.462 e. The van der Waals surface area contributed by atoms with Crippen molar-refractivity contribution >= 4 is 18.0 Å². The first kappa shape index (κ1) is 16.5. The molecule has 1 unspecified atom stereocenters. The Kier molecular flexibility index (Phi) is 6.73. The Morgan fingerprint density at radius 1 is 1.14 bits per heavy atom. The van der Waals surface area contributed by atoms with Crippen LogP contribution >= 0.6 is 0 Å². The Bertz CT molecular complexity index is 487. The summed E-state index contributed by atoms with van der Waals surface area (Å²) in [6, 6.07) is 9.00. The molecule has 0 heterocycles. The predicted octanol–water partition coefficient (Wildman–Crippen LogP) is 1.37. The molecule has 1 amide bonds. The van der Waals surface area contributed by atoms with Crippen LogP contribution in [0, 0.1) is 0 Å². The molecule has 7 heteroatoms. The highest BCUT2D eigenvalue weighted by Crippen LogP contribution is 2.01. The first-order valence-electron chi connectivity index (χ1n) is 6.34. The highest BCUT2D eigenvalue weighted by Gasteiger charge is 2.25. The third-order valence-corrected chi connectivity index (χ3v) is 2.25. The van der Waals surface area contributed by atoms with E-state index < -0.39 is 24.3 Å². The minimum Gasteiger partial charge on any atom is -0.462 e. The summed E-state index contributed by atoms with van der Waals surface area (Å²) in [4.78, 5) is 34.0. The maximum absolute atomic E-state index is 11.6. The lowest BCUT2D eigenvalue weighted by atomic mass is 10.2. The molecule has 0 spiro atoms. The van der Waals surface area contributed by atoms with Crippen molar-refractivity contribution in [3.8, 4) is 0 Å². The zero-order valence-corrected chi connectivity index (χ0v) is 11.8. The zero-order valence-electron chi connectivity index (χ0n) is 11.8. The lowest BCUT2D eigenvalue weighted by Crippen LogP contribution is -2.44. The molecule has 0 aliphatic carbocycles. The number of nitrogens with one attached hydrogen (secondary N) is 1. The molecule has 0 saturated heterocycles. The highest BCUT2D eigenvalue weighted by molar-refractivity contribution is 5.82. The van der Waals surface area contributed by atoms with Crippen LogP contribution in [0.5, 0.6) is 0 Å². The third-order valence-electron chi connectivity index (χ3n) is 2.25.